The predicted molar refractivity (Wildman–Crippen MR) is 113 cm³/mol. The van der Waals surface area contributed by atoms with Crippen LogP contribution in [0.4, 0.5) is 11.9 Å². The number of thiophene rings is 1. The van der Waals surface area contributed by atoms with Crippen LogP contribution in [-0.2, 0) is 12.3 Å². The van der Waals surface area contributed by atoms with Crippen molar-refractivity contribution >= 4 is 45.2 Å². The summed E-state index contributed by atoms with van der Waals surface area (Å²) >= 11 is 2.83. The van der Waals surface area contributed by atoms with E-state index in [1.54, 1.807) is 4.57 Å². The standard InChI is InChI=1S/C18H17N7OS2/c1-2-25-15(26)13-11(10-6-4-3-5-7-10)8-27-14(13)23-18(25)28-9-12-21-16(19)24-17(20)22-12/h3-8H,2,9H2,1H3,(H4,19,20,21,22,24). The van der Waals surface area contributed by atoms with Crippen molar-refractivity contribution in [2.75, 3.05) is 11.5 Å². The molecule has 0 aliphatic heterocycles. The van der Waals surface area contributed by atoms with Crippen LogP contribution in [0.1, 0.15) is 12.7 Å². The maximum absolute atomic E-state index is 13.2. The van der Waals surface area contributed by atoms with Gasteiger partial charge in [0.05, 0.1) is 11.1 Å². The number of anilines is 2. The van der Waals surface area contributed by atoms with E-state index in [9.17, 15) is 4.79 Å². The molecule has 0 fully saturated rings. The first kappa shape index (κ1) is 18.4. The Hall–Kier alpha value is -2.98. The molecule has 0 spiro atoms. The smallest absolute Gasteiger partial charge is 0.263 e. The summed E-state index contributed by atoms with van der Waals surface area (Å²) in [5, 5.41) is 3.24. The van der Waals surface area contributed by atoms with Crippen LogP contribution < -0.4 is 17.0 Å². The molecule has 0 amide bonds. The summed E-state index contributed by atoms with van der Waals surface area (Å²) in [5.41, 5.74) is 13.1. The Balaban J connectivity index is 1.75. The topological polar surface area (TPSA) is 126 Å². The highest BCUT2D eigenvalue weighted by Gasteiger charge is 2.17. The van der Waals surface area contributed by atoms with Gasteiger partial charge < -0.3 is 11.5 Å². The summed E-state index contributed by atoms with van der Waals surface area (Å²) in [6, 6.07) is 9.86. The molecule has 4 rings (SSSR count). The van der Waals surface area contributed by atoms with Crippen molar-refractivity contribution in [1.29, 1.82) is 0 Å². The predicted octanol–water partition coefficient (Wildman–Crippen LogP) is 2.79. The van der Waals surface area contributed by atoms with Gasteiger partial charge in [-0.2, -0.15) is 15.0 Å². The van der Waals surface area contributed by atoms with Gasteiger partial charge in [-0.3, -0.25) is 9.36 Å². The number of hydrogen-bond acceptors (Lipinski definition) is 9. The van der Waals surface area contributed by atoms with Gasteiger partial charge in [-0.25, -0.2) is 4.98 Å². The molecule has 8 nitrogen and oxygen atoms in total. The molecule has 3 aromatic heterocycles. The maximum Gasteiger partial charge on any atom is 0.263 e. The zero-order valence-electron chi connectivity index (χ0n) is 15.0. The van der Waals surface area contributed by atoms with Crippen molar-refractivity contribution < 1.29 is 0 Å². The Morgan fingerprint density at radius 3 is 2.46 bits per heavy atom. The van der Waals surface area contributed by atoms with Gasteiger partial charge in [0.1, 0.15) is 10.7 Å². The molecule has 0 atom stereocenters. The van der Waals surface area contributed by atoms with Crippen LogP contribution in [0.25, 0.3) is 21.3 Å². The Morgan fingerprint density at radius 2 is 1.79 bits per heavy atom. The van der Waals surface area contributed by atoms with Gasteiger partial charge in [-0.05, 0) is 12.5 Å². The third-order valence-corrected chi connectivity index (χ3v) is 5.95. The lowest BCUT2D eigenvalue weighted by molar-refractivity contribution is 0.635. The summed E-state index contributed by atoms with van der Waals surface area (Å²) in [6.45, 7) is 2.43. The van der Waals surface area contributed by atoms with E-state index in [0.29, 0.717) is 33.5 Å². The molecule has 4 N–H and O–H groups in total. The zero-order chi connectivity index (χ0) is 19.7. The highest BCUT2D eigenvalue weighted by molar-refractivity contribution is 7.98. The number of nitrogens with two attached hydrogens (primary N) is 2. The molecule has 0 saturated carbocycles. The van der Waals surface area contributed by atoms with E-state index in [1.165, 1.54) is 23.1 Å². The molecule has 3 heterocycles. The fraction of sp³-hybridized carbons (Fsp3) is 0.167. The van der Waals surface area contributed by atoms with Crippen LogP contribution >= 0.6 is 23.1 Å². The highest BCUT2D eigenvalue weighted by atomic mass is 32.2. The van der Waals surface area contributed by atoms with Gasteiger partial charge in [-0.1, -0.05) is 42.1 Å². The molecule has 0 aliphatic carbocycles. The van der Waals surface area contributed by atoms with E-state index in [1.807, 2.05) is 42.6 Å². The Labute approximate surface area is 168 Å². The molecule has 0 aliphatic rings. The van der Waals surface area contributed by atoms with Crippen molar-refractivity contribution in [1.82, 2.24) is 24.5 Å². The first-order valence-electron chi connectivity index (χ1n) is 8.53. The lowest BCUT2D eigenvalue weighted by atomic mass is 10.1. The normalized spacial score (nSPS) is 11.2. The van der Waals surface area contributed by atoms with Crippen LogP contribution in [0.3, 0.4) is 0 Å². The average Bonchev–Trinajstić information content (AvgIpc) is 3.11. The number of thioether (sulfide) groups is 1. The van der Waals surface area contributed by atoms with E-state index in [2.05, 4.69) is 15.0 Å². The fourth-order valence-electron chi connectivity index (χ4n) is 2.88. The summed E-state index contributed by atoms with van der Waals surface area (Å²) in [6.07, 6.45) is 0. The van der Waals surface area contributed by atoms with Crippen molar-refractivity contribution in [2.45, 2.75) is 24.4 Å². The summed E-state index contributed by atoms with van der Waals surface area (Å²) in [7, 11) is 0. The molecular weight excluding hydrogens is 394 g/mol. The van der Waals surface area contributed by atoms with Crippen molar-refractivity contribution in [2.24, 2.45) is 0 Å². The number of rotatable bonds is 5. The number of aromatic nitrogens is 5. The summed E-state index contributed by atoms with van der Waals surface area (Å²) in [4.78, 5) is 30.5. The van der Waals surface area contributed by atoms with Gasteiger partial charge in [0, 0.05) is 17.5 Å². The minimum Gasteiger partial charge on any atom is -0.368 e. The maximum atomic E-state index is 13.2. The second-order valence-electron chi connectivity index (χ2n) is 5.90. The fourth-order valence-corrected chi connectivity index (χ4v) is 4.78. The summed E-state index contributed by atoms with van der Waals surface area (Å²) < 4.78 is 1.67. The van der Waals surface area contributed by atoms with Crippen LogP contribution in [-0.4, -0.2) is 24.5 Å². The van der Waals surface area contributed by atoms with Gasteiger partial charge in [-0.15, -0.1) is 11.3 Å². The third kappa shape index (κ3) is 3.43. The van der Waals surface area contributed by atoms with Crippen LogP contribution in [0.15, 0.2) is 45.7 Å². The molecule has 1 aromatic carbocycles. The molecule has 0 unspecified atom stereocenters. The number of hydrogen-bond donors (Lipinski definition) is 2. The Bertz CT molecular complexity index is 1180. The van der Waals surface area contributed by atoms with Gasteiger partial charge in [0.15, 0.2) is 5.16 Å². The number of nitrogens with zero attached hydrogens (tertiary/aromatic N) is 5. The van der Waals surface area contributed by atoms with Crippen LogP contribution in [0.5, 0.6) is 0 Å². The average molecular weight is 412 g/mol. The minimum absolute atomic E-state index is 0.0511. The van der Waals surface area contributed by atoms with Gasteiger partial charge in [0.2, 0.25) is 11.9 Å². The van der Waals surface area contributed by atoms with Crippen LogP contribution in [0, 0.1) is 0 Å². The van der Waals surface area contributed by atoms with E-state index < -0.39 is 0 Å². The van der Waals surface area contributed by atoms with Crippen molar-refractivity contribution in [3.8, 4) is 11.1 Å². The van der Waals surface area contributed by atoms with Crippen LogP contribution in [0.2, 0.25) is 0 Å². The Kier molecular flexibility index (Phi) is 4.97. The lowest BCUT2D eigenvalue weighted by Crippen LogP contribution is -2.22. The molecule has 4 aromatic rings. The number of nitrogen functional groups attached to an aromatic ring is 2. The molecule has 28 heavy (non-hydrogen) atoms. The van der Waals surface area contributed by atoms with E-state index in [0.717, 1.165) is 11.1 Å². The number of fused-ring (bicyclic) bond motifs is 1. The largest absolute Gasteiger partial charge is 0.368 e. The first-order valence-corrected chi connectivity index (χ1v) is 10.4. The van der Waals surface area contributed by atoms with E-state index >= 15 is 0 Å². The Morgan fingerprint density at radius 1 is 1.07 bits per heavy atom. The zero-order valence-corrected chi connectivity index (χ0v) is 16.6. The quantitative estimate of drug-likeness (QED) is 0.379. The number of benzene rings is 1. The molecule has 142 valence electrons. The minimum atomic E-state index is -0.0511. The highest BCUT2D eigenvalue weighted by Crippen LogP contribution is 2.32. The second-order valence-corrected chi connectivity index (χ2v) is 7.70. The monoisotopic (exact) mass is 411 g/mol. The molecule has 10 heteroatoms. The lowest BCUT2D eigenvalue weighted by Gasteiger charge is -2.10. The van der Waals surface area contributed by atoms with Gasteiger partial charge in [0.25, 0.3) is 5.56 Å². The molecule has 0 saturated heterocycles. The molecule has 0 radical (unpaired) electrons. The van der Waals surface area contributed by atoms with Crippen molar-refractivity contribution in [3.05, 3.63) is 51.9 Å². The molecule has 0 bridgehead atoms. The van der Waals surface area contributed by atoms with E-state index in [4.69, 9.17) is 16.5 Å². The SMILES string of the molecule is CCn1c(SCc2nc(N)nc(N)n2)nc2scc(-c3ccccc3)c2c1=O. The summed E-state index contributed by atoms with van der Waals surface area (Å²) in [5.74, 6) is 0.977. The van der Waals surface area contributed by atoms with Gasteiger partial charge >= 0.3 is 0 Å². The first-order chi connectivity index (χ1) is 13.6. The molecular formula is C18H17N7OS2. The van der Waals surface area contributed by atoms with Crippen molar-refractivity contribution in [3.63, 3.8) is 0 Å². The third-order valence-electron chi connectivity index (χ3n) is 4.11. The second kappa shape index (κ2) is 7.56. The van der Waals surface area contributed by atoms with E-state index in [-0.39, 0.29) is 17.5 Å².